The van der Waals surface area contributed by atoms with Crippen LogP contribution in [0.4, 0.5) is 5.69 Å². The fourth-order valence-corrected chi connectivity index (χ4v) is 4.00. The molecule has 2 heterocycles. The Morgan fingerprint density at radius 1 is 1.00 bits per heavy atom. The lowest BCUT2D eigenvalue weighted by Gasteiger charge is -2.36. The average Bonchev–Trinajstić information content (AvgIpc) is 3.06. The third-order valence-electron chi connectivity index (χ3n) is 5.79. The first-order chi connectivity index (χ1) is 14.5. The van der Waals surface area contributed by atoms with E-state index in [0.717, 1.165) is 45.6 Å². The number of aromatic nitrogens is 1. The highest BCUT2D eigenvalue weighted by Crippen LogP contribution is 2.18. The number of benzene rings is 2. The average molecular weight is 409 g/mol. The number of hydrogen-bond acceptors (Lipinski definition) is 5. The van der Waals surface area contributed by atoms with Gasteiger partial charge in [0.2, 0.25) is 0 Å². The molecule has 1 aliphatic heterocycles. The Hall–Kier alpha value is -3.06. The number of rotatable bonds is 7. The second-order valence-corrected chi connectivity index (χ2v) is 7.88. The smallest absolute Gasteiger partial charge is 0.419 e. The Kier molecular flexibility index (Phi) is 5.90. The van der Waals surface area contributed by atoms with Crippen molar-refractivity contribution in [1.29, 1.82) is 0 Å². The molecule has 4 rings (SSSR count). The zero-order chi connectivity index (χ0) is 21.1. The Bertz CT molecular complexity index is 1080. The number of hydrogen-bond donors (Lipinski definition) is 1. The summed E-state index contributed by atoms with van der Waals surface area (Å²) >= 11 is 0. The van der Waals surface area contributed by atoms with E-state index < -0.39 is 11.7 Å². The molecule has 7 nitrogen and oxygen atoms in total. The fraction of sp³-hybridized carbons (Fsp3) is 0.391. The maximum Gasteiger partial charge on any atom is 0.419 e. The zero-order valence-electron chi connectivity index (χ0n) is 17.2. The van der Waals surface area contributed by atoms with Gasteiger partial charge < -0.3 is 14.4 Å². The molecule has 1 fully saturated rings. The van der Waals surface area contributed by atoms with Gasteiger partial charge in [0, 0.05) is 38.4 Å². The molecule has 0 radical (unpaired) electrons. The summed E-state index contributed by atoms with van der Waals surface area (Å²) in [7, 11) is 0. The van der Waals surface area contributed by atoms with E-state index in [2.05, 4.69) is 41.0 Å². The number of piperazine rings is 1. The Balaban J connectivity index is 1.26. The number of aryl methyl sites for hydroxylation is 2. The van der Waals surface area contributed by atoms with Gasteiger partial charge in [-0.05, 0) is 56.6 Å². The molecule has 30 heavy (non-hydrogen) atoms. The Morgan fingerprint density at radius 3 is 2.40 bits per heavy atom. The molecule has 0 amide bonds. The number of oxazole rings is 1. The molecule has 0 bridgehead atoms. The molecule has 0 aliphatic carbocycles. The minimum atomic E-state index is -1.03. The van der Waals surface area contributed by atoms with Crippen molar-refractivity contribution in [3.63, 3.8) is 0 Å². The summed E-state index contributed by atoms with van der Waals surface area (Å²) in [5.74, 6) is -1.46. The lowest BCUT2D eigenvalue weighted by molar-refractivity contribution is 0.0697. The van der Waals surface area contributed by atoms with Gasteiger partial charge in [-0.1, -0.05) is 17.7 Å². The molecule has 1 saturated heterocycles. The molecule has 0 unspecified atom stereocenters. The monoisotopic (exact) mass is 409 g/mol. The number of nitrogens with zero attached hydrogens (tertiary/aromatic N) is 3. The first-order valence-corrected chi connectivity index (χ1v) is 10.4. The molecule has 2 aromatic carbocycles. The van der Waals surface area contributed by atoms with Crippen molar-refractivity contribution in [3.05, 3.63) is 64.1 Å². The third kappa shape index (κ3) is 4.41. The second-order valence-electron chi connectivity index (χ2n) is 7.88. The van der Waals surface area contributed by atoms with Crippen molar-refractivity contribution < 1.29 is 14.3 Å². The van der Waals surface area contributed by atoms with Crippen LogP contribution in [0.2, 0.25) is 0 Å². The lowest BCUT2D eigenvalue weighted by atomic mass is 10.2. The second kappa shape index (κ2) is 8.75. The van der Waals surface area contributed by atoms with Crippen molar-refractivity contribution >= 4 is 22.8 Å². The number of carboxylic acid groups (broad SMARTS) is 1. The summed E-state index contributed by atoms with van der Waals surface area (Å²) in [6, 6.07) is 13.3. The summed E-state index contributed by atoms with van der Waals surface area (Å²) in [4.78, 5) is 28.1. The standard InChI is InChI=1S/C23H27N3O4/c1-17-4-7-19(8-5-17)25-14-12-24(13-15-25)10-2-3-11-26-20-9-6-18(22(27)28)16-21(20)30-23(26)29/h4-9,16H,2-3,10-15H2,1H3,(H,27,28). The third-order valence-corrected chi connectivity index (χ3v) is 5.79. The van der Waals surface area contributed by atoms with Crippen LogP contribution in [-0.2, 0) is 6.54 Å². The summed E-state index contributed by atoms with van der Waals surface area (Å²) in [6.07, 6.45) is 1.87. The number of carboxylic acids is 1. The fourth-order valence-electron chi connectivity index (χ4n) is 4.00. The van der Waals surface area contributed by atoms with Crippen molar-refractivity contribution in [3.8, 4) is 0 Å². The van der Waals surface area contributed by atoms with Gasteiger partial charge in [-0.15, -0.1) is 0 Å². The molecule has 3 aromatic rings. The van der Waals surface area contributed by atoms with Crippen LogP contribution in [0.3, 0.4) is 0 Å². The van der Waals surface area contributed by atoms with Crippen LogP contribution in [0.1, 0.15) is 28.8 Å². The maximum atomic E-state index is 12.1. The zero-order valence-corrected chi connectivity index (χ0v) is 17.2. The molecule has 0 saturated carbocycles. The first kappa shape index (κ1) is 20.2. The van der Waals surface area contributed by atoms with Crippen molar-refractivity contribution in [2.75, 3.05) is 37.6 Å². The molecule has 7 heteroatoms. The normalized spacial score (nSPS) is 15.0. The highest BCUT2D eigenvalue weighted by molar-refractivity contribution is 5.91. The number of unbranched alkanes of at least 4 members (excludes halogenated alkanes) is 1. The summed E-state index contributed by atoms with van der Waals surface area (Å²) in [6.45, 7) is 7.83. The van der Waals surface area contributed by atoms with E-state index in [0.29, 0.717) is 17.6 Å². The van der Waals surface area contributed by atoms with Crippen LogP contribution in [0, 0.1) is 6.92 Å². The molecule has 1 aromatic heterocycles. The van der Waals surface area contributed by atoms with E-state index >= 15 is 0 Å². The van der Waals surface area contributed by atoms with Crippen LogP contribution in [0.5, 0.6) is 0 Å². The molecule has 1 N–H and O–H groups in total. The molecule has 158 valence electrons. The van der Waals surface area contributed by atoms with Crippen molar-refractivity contribution in [1.82, 2.24) is 9.47 Å². The summed E-state index contributed by atoms with van der Waals surface area (Å²) in [5.41, 5.74) is 3.67. The molecule has 0 spiro atoms. The summed E-state index contributed by atoms with van der Waals surface area (Å²) < 4.78 is 6.82. The van der Waals surface area contributed by atoms with Crippen molar-refractivity contribution in [2.45, 2.75) is 26.3 Å². The molecular weight excluding hydrogens is 382 g/mol. The highest BCUT2D eigenvalue weighted by Gasteiger charge is 2.17. The van der Waals surface area contributed by atoms with Gasteiger partial charge in [0.25, 0.3) is 0 Å². The van der Waals surface area contributed by atoms with E-state index in [9.17, 15) is 9.59 Å². The number of carbonyl (C=O) groups is 1. The highest BCUT2D eigenvalue weighted by atomic mass is 16.4. The first-order valence-electron chi connectivity index (χ1n) is 10.4. The van der Waals surface area contributed by atoms with Crippen LogP contribution >= 0.6 is 0 Å². The minimum absolute atomic E-state index is 0.119. The maximum absolute atomic E-state index is 12.1. The lowest BCUT2D eigenvalue weighted by Crippen LogP contribution is -2.46. The molecule has 0 atom stereocenters. The quantitative estimate of drug-likeness (QED) is 0.604. The van der Waals surface area contributed by atoms with Gasteiger partial charge in [0.1, 0.15) is 0 Å². The number of aromatic carboxylic acids is 1. The Labute approximate surface area is 175 Å². The van der Waals surface area contributed by atoms with Gasteiger partial charge >= 0.3 is 11.7 Å². The molecular formula is C23H27N3O4. The van der Waals surface area contributed by atoms with E-state index in [1.165, 1.54) is 23.4 Å². The van der Waals surface area contributed by atoms with Crippen LogP contribution < -0.4 is 10.7 Å². The summed E-state index contributed by atoms with van der Waals surface area (Å²) in [5, 5.41) is 9.08. The van der Waals surface area contributed by atoms with Gasteiger partial charge in [0.05, 0.1) is 11.1 Å². The van der Waals surface area contributed by atoms with Crippen LogP contribution in [0.25, 0.3) is 11.1 Å². The van der Waals surface area contributed by atoms with Gasteiger partial charge in [0.15, 0.2) is 5.58 Å². The number of fused-ring (bicyclic) bond motifs is 1. The predicted octanol–water partition coefficient (Wildman–Crippen LogP) is 3.20. The largest absolute Gasteiger partial charge is 0.478 e. The molecule has 1 aliphatic rings. The SMILES string of the molecule is Cc1ccc(N2CCN(CCCCn3c(=O)oc4cc(C(=O)O)ccc43)CC2)cc1. The Morgan fingerprint density at radius 2 is 1.70 bits per heavy atom. The minimum Gasteiger partial charge on any atom is -0.478 e. The predicted molar refractivity (Wildman–Crippen MR) is 116 cm³/mol. The topological polar surface area (TPSA) is 78.9 Å². The van der Waals surface area contributed by atoms with E-state index in [4.69, 9.17) is 9.52 Å². The van der Waals surface area contributed by atoms with E-state index in [1.807, 2.05) is 0 Å². The van der Waals surface area contributed by atoms with E-state index in [1.54, 1.807) is 10.6 Å². The van der Waals surface area contributed by atoms with Crippen LogP contribution in [0.15, 0.2) is 51.7 Å². The van der Waals surface area contributed by atoms with Gasteiger partial charge in [-0.3, -0.25) is 9.47 Å². The number of anilines is 1. The van der Waals surface area contributed by atoms with E-state index in [-0.39, 0.29) is 5.56 Å². The van der Waals surface area contributed by atoms with Gasteiger partial charge in [-0.25, -0.2) is 9.59 Å². The van der Waals surface area contributed by atoms with Gasteiger partial charge in [-0.2, -0.15) is 0 Å². The van der Waals surface area contributed by atoms with Crippen molar-refractivity contribution in [2.24, 2.45) is 0 Å². The van der Waals surface area contributed by atoms with Crippen LogP contribution in [-0.4, -0.2) is 53.3 Å².